The molecule has 8 heteroatoms. The number of amides is 1. The first-order valence-corrected chi connectivity index (χ1v) is 6.34. The highest BCUT2D eigenvalue weighted by Gasteiger charge is 2.30. The van der Waals surface area contributed by atoms with Crippen molar-refractivity contribution < 1.29 is 27.2 Å². The Hall–Kier alpha value is -2.51. The van der Waals surface area contributed by atoms with Gasteiger partial charge in [0, 0.05) is 6.07 Å². The summed E-state index contributed by atoms with van der Waals surface area (Å²) in [5.74, 6) is 0.128. The lowest BCUT2D eigenvalue weighted by atomic mass is 10.2. The number of aromatic nitrogens is 1. The minimum Gasteiger partial charge on any atom is -0.481 e. The van der Waals surface area contributed by atoms with Crippen LogP contribution >= 0.6 is 0 Å². The van der Waals surface area contributed by atoms with E-state index in [9.17, 15) is 18.0 Å². The van der Waals surface area contributed by atoms with Gasteiger partial charge in [0.1, 0.15) is 11.5 Å². The molecule has 1 heterocycles. The molecule has 0 saturated carbocycles. The molecule has 1 aromatic carbocycles. The van der Waals surface area contributed by atoms with Crippen molar-refractivity contribution in [3.8, 4) is 5.75 Å². The van der Waals surface area contributed by atoms with Gasteiger partial charge in [0.2, 0.25) is 0 Å². The average Bonchev–Trinajstić information content (AvgIpc) is 2.83. The number of carbonyl (C=O) groups is 1. The lowest BCUT2D eigenvalue weighted by Crippen LogP contribution is -2.30. The number of anilines is 1. The highest BCUT2D eigenvalue weighted by molar-refractivity contribution is 5.93. The standard InChI is InChI=1S/C14H13F3N2O3/c1-8-6-12(19-22-8)18-13(20)9(2)21-11-5-3-4-10(7-11)14(15,16)17/h3-7,9H,1-2H3,(H,18,19,20). The first kappa shape index (κ1) is 15.9. The van der Waals surface area contributed by atoms with E-state index in [-0.39, 0.29) is 11.6 Å². The second-order valence-corrected chi connectivity index (χ2v) is 4.60. The Morgan fingerprint density at radius 1 is 1.36 bits per heavy atom. The summed E-state index contributed by atoms with van der Waals surface area (Å²) in [5, 5.41) is 6.02. The van der Waals surface area contributed by atoms with E-state index in [0.29, 0.717) is 5.76 Å². The Bertz CT molecular complexity index is 667. The summed E-state index contributed by atoms with van der Waals surface area (Å²) in [6.07, 6.45) is -5.47. The molecule has 0 fully saturated rings. The van der Waals surface area contributed by atoms with Crippen molar-refractivity contribution in [2.24, 2.45) is 0 Å². The number of alkyl halides is 3. The summed E-state index contributed by atoms with van der Waals surface area (Å²) in [6, 6.07) is 5.83. The van der Waals surface area contributed by atoms with Crippen LogP contribution in [0.4, 0.5) is 19.0 Å². The van der Waals surface area contributed by atoms with Crippen LogP contribution in [-0.2, 0) is 11.0 Å². The molecule has 0 radical (unpaired) electrons. The van der Waals surface area contributed by atoms with Crippen LogP contribution in [0.1, 0.15) is 18.2 Å². The lowest BCUT2D eigenvalue weighted by Gasteiger charge is -2.15. The zero-order valence-corrected chi connectivity index (χ0v) is 11.8. The molecule has 2 rings (SSSR count). The van der Waals surface area contributed by atoms with E-state index in [1.54, 1.807) is 6.92 Å². The van der Waals surface area contributed by atoms with Crippen LogP contribution in [-0.4, -0.2) is 17.2 Å². The third-order valence-electron chi connectivity index (χ3n) is 2.72. The SMILES string of the molecule is Cc1cc(NC(=O)C(C)Oc2cccc(C(F)(F)F)c2)no1. The second kappa shape index (κ2) is 6.08. The number of nitrogens with zero attached hydrogens (tertiary/aromatic N) is 1. The Balaban J connectivity index is 2.02. The number of ether oxygens (including phenoxy) is 1. The van der Waals surface area contributed by atoms with Gasteiger partial charge in [-0.15, -0.1) is 0 Å². The van der Waals surface area contributed by atoms with Crippen LogP contribution in [0.15, 0.2) is 34.9 Å². The van der Waals surface area contributed by atoms with Crippen molar-refractivity contribution in [3.63, 3.8) is 0 Å². The van der Waals surface area contributed by atoms with Gasteiger partial charge in [0.05, 0.1) is 5.56 Å². The predicted molar refractivity (Wildman–Crippen MR) is 71.4 cm³/mol. The Morgan fingerprint density at radius 3 is 2.68 bits per heavy atom. The van der Waals surface area contributed by atoms with Gasteiger partial charge in [-0.25, -0.2) is 0 Å². The third-order valence-corrected chi connectivity index (χ3v) is 2.72. The summed E-state index contributed by atoms with van der Waals surface area (Å²) in [7, 11) is 0. The molecule has 0 saturated heterocycles. The number of nitrogens with one attached hydrogen (secondary N) is 1. The number of hydrogen-bond acceptors (Lipinski definition) is 4. The minimum atomic E-state index is -4.47. The third kappa shape index (κ3) is 4.00. The highest BCUT2D eigenvalue weighted by atomic mass is 19.4. The zero-order valence-electron chi connectivity index (χ0n) is 11.8. The number of rotatable bonds is 4. The summed E-state index contributed by atoms with van der Waals surface area (Å²) < 4.78 is 47.8. The largest absolute Gasteiger partial charge is 0.481 e. The number of hydrogen-bond donors (Lipinski definition) is 1. The molecule has 0 aliphatic rings. The van der Waals surface area contributed by atoms with Crippen molar-refractivity contribution >= 4 is 11.7 Å². The molecule has 0 bridgehead atoms. The summed E-state index contributed by atoms with van der Waals surface area (Å²) in [6.45, 7) is 3.08. The first-order valence-electron chi connectivity index (χ1n) is 6.34. The Morgan fingerprint density at radius 2 is 2.09 bits per heavy atom. The Labute approximate surface area is 124 Å². The Kier molecular flexibility index (Phi) is 4.39. The van der Waals surface area contributed by atoms with Gasteiger partial charge in [-0.3, -0.25) is 4.79 Å². The molecule has 118 valence electrons. The van der Waals surface area contributed by atoms with Crippen LogP contribution in [0.3, 0.4) is 0 Å². The number of aryl methyl sites for hydroxylation is 1. The van der Waals surface area contributed by atoms with Gasteiger partial charge in [-0.1, -0.05) is 11.2 Å². The molecular formula is C14H13F3N2O3. The van der Waals surface area contributed by atoms with Crippen molar-refractivity contribution in [1.29, 1.82) is 0 Å². The van der Waals surface area contributed by atoms with E-state index in [1.807, 2.05) is 0 Å². The fourth-order valence-electron chi connectivity index (χ4n) is 1.66. The van der Waals surface area contributed by atoms with Gasteiger partial charge >= 0.3 is 6.18 Å². The minimum absolute atomic E-state index is 0.0474. The molecule has 1 N–H and O–H groups in total. The quantitative estimate of drug-likeness (QED) is 0.939. The normalized spacial score (nSPS) is 12.8. The van der Waals surface area contributed by atoms with Crippen LogP contribution in [0, 0.1) is 6.92 Å². The van der Waals surface area contributed by atoms with Crippen molar-refractivity contribution in [3.05, 3.63) is 41.7 Å². The number of carbonyl (C=O) groups excluding carboxylic acids is 1. The van der Waals surface area contributed by atoms with Crippen LogP contribution in [0.2, 0.25) is 0 Å². The summed E-state index contributed by atoms with van der Waals surface area (Å²) in [4.78, 5) is 11.9. The van der Waals surface area contributed by atoms with Crippen molar-refractivity contribution in [1.82, 2.24) is 5.16 Å². The van der Waals surface area contributed by atoms with Gasteiger partial charge < -0.3 is 14.6 Å². The van der Waals surface area contributed by atoms with E-state index >= 15 is 0 Å². The fourth-order valence-corrected chi connectivity index (χ4v) is 1.66. The first-order chi connectivity index (χ1) is 10.3. The smallest absolute Gasteiger partial charge is 0.416 e. The predicted octanol–water partition coefficient (Wildman–Crippen LogP) is 3.41. The molecular weight excluding hydrogens is 301 g/mol. The van der Waals surface area contributed by atoms with Gasteiger partial charge in [-0.2, -0.15) is 13.2 Å². The lowest BCUT2D eigenvalue weighted by molar-refractivity contribution is -0.137. The fraction of sp³-hybridized carbons (Fsp3) is 0.286. The van der Waals surface area contributed by atoms with Gasteiger partial charge in [0.25, 0.3) is 5.91 Å². The second-order valence-electron chi connectivity index (χ2n) is 4.60. The molecule has 22 heavy (non-hydrogen) atoms. The van der Waals surface area contributed by atoms with Crippen molar-refractivity contribution in [2.75, 3.05) is 5.32 Å². The topological polar surface area (TPSA) is 64.4 Å². The van der Waals surface area contributed by atoms with Gasteiger partial charge in [0.15, 0.2) is 11.9 Å². The molecule has 0 aliphatic carbocycles. The van der Waals surface area contributed by atoms with Crippen LogP contribution in [0.5, 0.6) is 5.75 Å². The van der Waals surface area contributed by atoms with Crippen LogP contribution < -0.4 is 10.1 Å². The maximum atomic E-state index is 12.6. The van der Waals surface area contributed by atoms with E-state index in [0.717, 1.165) is 12.1 Å². The van der Waals surface area contributed by atoms with E-state index in [4.69, 9.17) is 9.26 Å². The van der Waals surface area contributed by atoms with E-state index in [2.05, 4.69) is 10.5 Å². The van der Waals surface area contributed by atoms with E-state index < -0.39 is 23.8 Å². The molecule has 1 unspecified atom stereocenters. The zero-order chi connectivity index (χ0) is 16.3. The van der Waals surface area contributed by atoms with Gasteiger partial charge in [-0.05, 0) is 32.0 Å². The van der Waals surface area contributed by atoms with E-state index in [1.165, 1.54) is 25.1 Å². The molecule has 5 nitrogen and oxygen atoms in total. The molecule has 1 atom stereocenters. The molecule has 1 aromatic heterocycles. The molecule has 0 spiro atoms. The molecule has 2 aromatic rings. The maximum absolute atomic E-state index is 12.6. The highest BCUT2D eigenvalue weighted by Crippen LogP contribution is 2.31. The summed E-state index contributed by atoms with van der Waals surface area (Å²) in [5.41, 5.74) is -0.843. The number of benzene rings is 1. The summed E-state index contributed by atoms with van der Waals surface area (Å²) >= 11 is 0. The van der Waals surface area contributed by atoms with Crippen molar-refractivity contribution in [2.45, 2.75) is 26.1 Å². The van der Waals surface area contributed by atoms with Crippen LogP contribution in [0.25, 0.3) is 0 Å². The maximum Gasteiger partial charge on any atom is 0.416 e. The monoisotopic (exact) mass is 314 g/mol. The molecule has 1 amide bonds. The number of halogens is 3. The molecule has 0 aliphatic heterocycles. The average molecular weight is 314 g/mol.